The smallest absolute Gasteiger partial charge is 0.259 e. The van der Waals surface area contributed by atoms with E-state index in [1.165, 1.54) is 12.8 Å². The van der Waals surface area contributed by atoms with E-state index >= 15 is 0 Å². The molecule has 4 heterocycles. The van der Waals surface area contributed by atoms with Gasteiger partial charge in [-0.05, 0) is 38.7 Å². The Hall–Kier alpha value is -3.22. The summed E-state index contributed by atoms with van der Waals surface area (Å²) >= 11 is 0. The number of carbonyl (C=O) groups excluding carboxylic acids is 2. The average Bonchev–Trinajstić information content (AvgIpc) is 3.06. The van der Waals surface area contributed by atoms with Crippen molar-refractivity contribution in [3.8, 4) is 11.3 Å². The highest BCUT2D eigenvalue weighted by Gasteiger charge is 2.32. The summed E-state index contributed by atoms with van der Waals surface area (Å²) in [5.74, 6) is 0.241. The number of nitrogens with zero attached hydrogens (tertiary/aromatic N) is 4. The van der Waals surface area contributed by atoms with Gasteiger partial charge < -0.3 is 14.3 Å². The van der Waals surface area contributed by atoms with Crippen LogP contribution in [-0.2, 0) is 4.79 Å². The molecule has 0 bridgehead atoms. The molecule has 0 saturated carbocycles. The van der Waals surface area contributed by atoms with Crippen molar-refractivity contribution in [3.05, 3.63) is 47.7 Å². The number of aromatic nitrogens is 2. The summed E-state index contributed by atoms with van der Waals surface area (Å²) in [5, 5.41) is 4.72. The Balaban J connectivity index is 1.35. The summed E-state index contributed by atoms with van der Waals surface area (Å²) in [6, 6.07) is 11.6. The van der Waals surface area contributed by atoms with E-state index in [2.05, 4.69) is 10.1 Å². The van der Waals surface area contributed by atoms with Gasteiger partial charge in [-0.1, -0.05) is 48.3 Å². The molecule has 0 radical (unpaired) electrons. The molecule has 33 heavy (non-hydrogen) atoms. The lowest BCUT2D eigenvalue weighted by molar-refractivity contribution is -0.136. The molecular weight excluding hydrogens is 416 g/mol. The highest BCUT2D eigenvalue weighted by atomic mass is 16.5. The number of rotatable bonds is 3. The third-order valence-electron chi connectivity index (χ3n) is 6.97. The Bertz CT molecular complexity index is 1140. The van der Waals surface area contributed by atoms with Crippen LogP contribution in [0.4, 0.5) is 0 Å². The number of aryl methyl sites for hydroxylation is 1. The molecule has 0 atom stereocenters. The van der Waals surface area contributed by atoms with Crippen molar-refractivity contribution >= 4 is 22.9 Å². The van der Waals surface area contributed by atoms with Gasteiger partial charge in [0.15, 0.2) is 0 Å². The Morgan fingerprint density at radius 2 is 1.64 bits per heavy atom. The molecule has 2 amide bonds. The van der Waals surface area contributed by atoms with Crippen LogP contribution in [0, 0.1) is 12.8 Å². The number of carbonyl (C=O) groups is 2. The third-order valence-corrected chi connectivity index (χ3v) is 6.97. The first-order chi connectivity index (χ1) is 16.1. The Morgan fingerprint density at radius 1 is 0.939 bits per heavy atom. The summed E-state index contributed by atoms with van der Waals surface area (Å²) in [6.45, 7) is 4.75. The van der Waals surface area contributed by atoms with Crippen molar-refractivity contribution in [2.75, 3.05) is 26.2 Å². The summed E-state index contributed by atoms with van der Waals surface area (Å²) < 4.78 is 5.43. The molecule has 0 aliphatic carbocycles. The maximum atomic E-state index is 13.6. The van der Waals surface area contributed by atoms with Crippen LogP contribution in [-0.4, -0.2) is 57.9 Å². The SMILES string of the molecule is Cc1noc2nc(-c3ccccc3)cc(C(=O)N3CCC(C(=O)N4CCCCCC4)CC3)c12. The van der Waals surface area contributed by atoms with Gasteiger partial charge >= 0.3 is 0 Å². The lowest BCUT2D eigenvalue weighted by Crippen LogP contribution is -2.44. The topological polar surface area (TPSA) is 79.5 Å². The van der Waals surface area contributed by atoms with Crippen LogP contribution in [0.5, 0.6) is 0 Å². The fourth-order valence-corrected chi connectivity index (χ4v) is 5.07. The van der Waals surface area contributed by atoms with E-state index in [1.807, 2.05) is 53.1 Å². The number of hydrogen-bond acceptors (Lipinski definition) is 5. The Kier molecular flexibility index (Phi) is 6.11. The van der Waals surface area contributed by atoms with Crippen LogP contribution < -0.4 is 0 Å². The molecule has 2 aromatic heterocycles. The van der Waals surface area contributed by atoms with Gasteiger partial charge in [-0.3, -0.25) is 9.59 Å². The maximum Gasteiger partial charge on any atom is 0.259 e. The van der Waals surface area contributed by atoms with Crippen LogP contribution in [0.15, 0.2) is 40.9 Å². The van der Waals surface area contributed by atoms with E-state index in [0.29, 0.717) is 54.0 Å². The number of benzene rings is 1. The van der Waals surface area contributed by atoms with E-state index in [4.69, 9.17) is 4.52 Å². The van der Waals surface area contributed by atoms with Gasteiger partial charge in [0.25, 0.3) is 11.6 Å². The van der Waals surface area contributed by atoms with Crippen molar-refractivity contribution < 1.29 is 14.1 Å². The Labute approximate surface area is 193 Å². The number of hydrogen-bond donors (Lipinski definition) is 0. The lowest BCUT2D eigenvalue weighted by Gasteiger charge is -2.34. The molecular formula is C26H30N4O3. The van der Waals surface area contributed by atoms with Gasteiger partial charge in [0.1, 0.15) is 0 Å². The van der Waals surface area contributed by atoms with Gasteiger partial charge in [-0.2, -0.15) is 0 Å². The number of amides is 2. The van der Waals surface area contributed by atoms with E-state index < -0.39 is 0 Å². The average molecular weight is 447 g/mol. The van der Waals surface area contributed by atoms with Crippen LogP contribution in [0.25, 0.3) is 22.4 Å². The first kappa shape index (κ1) is 21.6. The fourth-order valence-electron chi connectivity index (χ4n) is 5.07. The lowest BCUT2D eigenvalue weighted by atomic mass is 9.94. The third kappa shape index (κ3) is 4.36. The van der Waals surface area contributed by atoms with Crippen molar-refractivity contribution in [1.29, 1.82) is 0 Å². The molecule has 2 saturated heterocycles. The van der Waals surface area contributed by atoms with Crippen LogP contribution >= 0.6 is 0 Å². The zero-order valence-corrected chi connectivity index (χ0v) is 19.1. The van der Waals surface area contributed by atoms with Crippen LogP contribution in [0.1, 0.15) is 54.6 Å². The molecule has 5 rings (SSSR count). The molecule has 2 fully saturated rings. The number of fused-ring (bicyclic) bond motifs is 1. The molecule has 7 heteroatoms. The standard InChI is InChI=1S/C26H30N4O3/c1-18-23-21(17-22(27-24(23)33-28-18)19-9-5-4-6-10-19)26(32)30-15-11-20(12-16-30)25(31)29-13-7-2-3-8-14-29/h4-6,9-10,17,20H,2-3,7-8,11-16H2,1H3. The van der Waals surface area contributed by atoms with E-state index in [9.17, 15) is 9.59 Å². The minimum atomic E-state index is -0.0495. The first-order valence-corrected chi connectivity index (χ1v) is 12.0. The van der Waals surface area contributed by atoms with Gasteiger partial charge in [0, 0.05) is 37.7 Å². The molecule has 1 aromatic carbocycles. The first-order valence-electron chi connectivity index (χ1n) is 12.0. The van der Waals surface area contributed by atoms with E-state index in [-0.39, 0.29) is 17.7 Å². The van der Waals surface area contributed by atoms with Gasteiger partial charge in [-0.25, -0.2) is 4.98 Å². The highest BCUT2D eigenvalue weighted by Crippen LogP contribution is 2.29. The summed E-state index contributed by atoms with van der Waals surface area (Å²) in [4.78, 5) is 35.1. The van der Waals surface area contributed by atoms with Crippen molar-refractivity contribution in [2.24, 2.45) is 5.92 Å². The number of likely N-dealkylation sites (tertiary alicyclic amines) is 2. The minimum Gasteiger partial charge on any atom is -0.342 e. The molecule has 2 aliphatic heterocycles. The minimum absolute atomic E-state index is 0.0156. The van der Waals surface area contributed by atoms with E-state index in [0.717, 1.165) is 31.5 Å². The highest BCUT2D eigenvalue weighted by molar-refractivity contribution is 6.07. The van der Waals surface area contributed by atoms with Gasteiger partial charge in [0.2, 0.25) is 5.91 Å². The quantitative estimate of drug-likeness (QED) is 0.594. The molecule has 172 valence electrons. The number of piperidine rings is 1. The molecule has 0 N–H and O–H groups in total. The summed E-state index contributed by atoms with van der Waals surface area (Å²) in [5.41, 5.74) is 3.21. The van der Waals surface area contributed by atoms with Crippen molar-refractivity contribution in [3.63, 3.8) is 0 Å². The normalized spacial score (nSPS) is 17.8. The van der Waals surface area contributed by atoms with Crippen LogP contribution in [0.3, 0.4) is 0 Å². The van der Waals surface area contributed by atoms with Gasteiger partial charge in [-0.15, -0.1) is 0 Å². The second-order valence-electron chi connectivity index (χ2n) is 9.18. The fraction of sp³-hybridized carbons (Fsp3) is 0.462. The molecule has 0 spiro atoms. The van der Waals surface area contributed by atoms with Crippen molar-refractivity contribution in [1.82, 2.24) is 19.9 Å². The predicted octanol–water partition coefficient (Wildman–Crippen LogP) is 4.45. The second kappa shape index (κ2) is 9.33. The maximum absolute atomic E-state index is 13.6. The summed E-state index contributed by atoms with van der Waals surface area (Å²) in [7, 11) is 0. The molecule has 7 nitrogen and oxygen atoms in total. The zero-order chi connectivity index (χ0) is 22.8. The molecule has 3 aromatic rings. The van der Waals surface area contributed by atoms with E-state index in [1.54, 1.807) is 0 Å². The molecule has 0 unspecified atom stereocenters. The van der Waals surface area contributed by atoms with Crippen LogP contribution in [0.2, 0.25) is 0 Å². The number of pyridine rings is 1. The zero-order valence-electron chi connectivity index (χ0n) is 19.1. The monoisotopic (exact) mass is 446 g/mol. The van der Waals surface area contributed by atoms with Crippen molar-refractivity contribution in [2.45, 2.75) is 45.4 Å². The van der Waals surface area contributed by atoms with Gasteiger partial charge in [0.05, 0.1) is 22.3 Å². The predicted molar refractivity (Wildman–Crippen MR) is 126 cm³/mol. The largest absolute Gasteiger partial charge is 0.342 e. The summed E-state index contributed by atoms with van der Waals surface area (Å²) in [6.07, 6.45) is 6.05. The molecule has 2 aliphatic rings. The Morgan fingerprint density at radius 3 is 2.33 bits per heavy atom. The second-order valence-corrected chi connectivity index (χ2v) is 9.18.